The van der Waals surface area contributed by atoms with Crippen LogP contribution in [0.15, 0.2) is 58.5 Å². The Morgan fingerprint density at radius 3 is 2.62 bits per heavy atom. The number of nitrogens with zero attached hydrogens (tertiary/aromatic N) is 1. The van der Waals surface area contributed by atoms with Crippen LogP contribution in [0.25, 0.3) is 0 Å². The molecule has 1 amide bonds. The maximum Gasteiger partial charge on any atom is 0.257 e. The molecule has 0 radical (unpaired) electrons. The number of methoxy groups -OCH3 is 1. The Morgan fingerprint density at radius 2 is 1.90 bits per heavy atom. The Kier molecular flexibility index (Phi) is 5.40. The number of amides is 1. The number of hydrogen-bond acceptors (Lipinski definition) is 5. The molecule has 1 aromatic heterocycles. The van der Waals surface area contributed by atoms with Gasteiger partial charge in [0.05, 0.1) is 12.7 Å². The van der Waals surface area contributed by atoms with Crippen molar-refractivity contribution >= 4 is 23.5 Å². The van der Waals surface area contributed by atoms with Crippen LogP contribution in [0, 0.1) is 6.92 Å². The predicted octanol–water partition coefficient (Wildman–Crippen LogP) is 3.85. The summed E-state index contributed by atoms with van der Waals surface area (Å²) < 4.78 is 5.20. The van der Waals surface area contributed by atoms with Crippen LogP contribution >= 0.6 is 11.8 Å². The molecule has 2 aromatic carbocycles. The molecule has 0 bridgehead atoms. The van der Waals surface area contributed by atoms with Crippen LogP contribution in [-0.2, 0) is 10.5 Å². The van der Waals surface area contributed by atoms with Crippen molar-refractivity contribution in [2.24, 2.45) is 0 Å². The van der Waals surface area contributed by atoms with E-state index in [2.05, 4.69) is 34.3 Å². The summed E-state index contributed by atoms with van der Waals surface area (Å²) in [5.41, 5.74) is 3.53. The molecular formula is C22H21N3O3S. The topological polar surface area (TPSA) is 84.1 Å². The highest BCUT2D eigenvalue weighted by molar-refractivity contribution is 7.98. The first-order valence-corrected chi connectivity index (χ1v) is 10.3. The van der Waals surface area contributed by atoms with Gasteiger partial charge in [-0.2, -0.15) is 0 Å². The largest absolute Gasteiger partial charge is 0.497 e. The average molecular weight is 407 g/mol. The molecule has 0 spiro atoms. The van der Waals surface area contributed by atoms with Gasteiger partial charge in [0.2, 0.25) is 5.91 Å². The molecule has 0 fully saturated rings. The number of aromatic nitrogens is 2. The molecule has 148 valence electrons. The lowest BCUT2D eigenvalue weighted by Gasteiger charge is -2.24. The SMILES string of the molecule is COc1ccc([C@@H]2CC(=O)Nc3nc(SCc4ccccc4C)[nH]c(=O)c32)cc1. The normalized spacial score (nSPS) is 15.5. The second kappa shape index (κ2) is 8.13. The molecule has 2 heterocycles. The Labute approximate surface area is 172 Å². The molecule has 1 atom stereocenters. The Bertz CT molecular complexity index is 1110. The standard InChI is InChI=1S/C22H21N3O3S/c1-13-5-3-4-6-15(13)12-29-22-24-20-19(21(27)25-22)17(11-18(26)23-20)14-7-9-16(28-2)10-8-14/h3-10,17H,11-12H2,1-2H3,(H2,23,24,25,26,27)/t17-/m0/s1. The Hall–Kier alpha value is -3.06. The number of ether oxygens (including phenoxy) is 1. The number of carbonyl (C=O) groups is 1. The van der Waals surface area contributed by atoms with E-state index in [4.69, 9.17) is 4.74 Å². The van der Waals surface area contributed by atoms with Crippen molar-refractivity contribution in [2.45, 2.75) is 30.2 Å². The van der Waals surface area contributed by atoms with Gasteiger partial charge in [-0.15, -0.1) is 0 Å². The molecule has 0 saturated heterocycles. The summed E-state index contributed by atoms with van der Waals surface area (Å²) in [5, 5.41) is 3.26. The van der Waals surface area contributed by atoms with Gasteiger partial charge in [-0.05, 0) is 35.7 Å². The first-order valence-electron chi connectivity index (χ1n) is 9.30. The summed E-state index contributed by atoms with van der Waals surface area (Å²) in [7, 11) is 1.60. The van der Waals surface area contributed by atoms with Gasteiger partial charge in [0.25, 0.3) is 5.56 Å². The van der Waals surface area contributed by atoms with Crippen molar-refractivity contribution in [3.05, 3.63) is 81.1 Å². The first-order chi connectivity index (χ1) is 14.0. The smallest absolute Gasteiger partial charge is 0.257 e. The van der Waals surface area contributed by atoms with Crippen LogP contribution in [-0.4, -0.2) is 23.0 Å². The number of fused-ring (bicyclic) bond motifs is 1. The number of carbonyl (C=O) groups excluding carboxylic acids is 1. The number of H-pyrrole nitrogens is 1. The van der Waals surface area contributed by atoms with E-state index in [1.165, 1.54) is 22.9 Å². The number of nitrogens with one attached hydrogen (secondary N) is 2. The molecule has 29 heavy (non-hydrogen) atoms. The lowest BCUT2D eigenvalue weighted by Crippen LogP contribution is -2.31. The molecule has 6 nitrogen and oxygen atoms in total. The summed E-state index contributed by atoms with van der Waals surface area (Å²) in [6, 6.07) is 15.5. The van der Waals surface area contributed by atoms with Gasteiger partial charge in [0, 0.05) is 18.1 Å². The van der Waals surface area contributed by atoms with Crippen LogP contribution in [0.3, 0.4) is 0 Å². The molecule has 3 aromatic rings. The fourth-order valence-corrected chi connectivity index (χ4v) is 4.39. The molecule has 1 aliphatic heterocycles. The zero-order valence-electron chi connectivity index (χ0n) is 16.2. The lowest BCUT2D eigenvalue weighted by atomic mass is 9.87. The molecule has 1 aliphatic rings. The molecule has 2 N–H and O–H groups in total. The van der Waals surface area contributed by atoms with Crippen molar-refractivity contribution in [1.82, 2.24) is 9.97 Å². The zero-order chi connectivity index (χ0) is 20.4. The van der Waals surface area contributed by atoms with E-state index >= 15 is 0 Å². The molecule has 4 rings (SSSR count). The van der Waals surface area contributed by atoms with Gasteiger partial charge >= 0.3 is 0 Å². The third kappa shape index (κ3) is 4.05. The molecule has 0 saturated carbocycles. The van der Waals surface area contributed by atoms with Gasteiger partial charge < -0.3 is 15.0 Å². The van der Waals surface area contributed by atoms with Crippen LogP contribution < -0.4 is 15.6 Å². The number of hydrogen-bond donors (Lipinski definition) is 2. The van der Waals surface area contributed by atoms with E-state index in [1.807, 2.05) is 36.4 Å². The maximum atomic E-state index is 12.9. The van der Waals surface area contributed by atoms with Crippen molar-refractivity contribution in [1.29, 1.82) is 0 Å². The Balaban J connectivity index is 1.64. The van der Waals surface area contributed by atoms with E-state index in [-0.39, 0.29) is 23.8 Å². The highest BCUT2D eigenvalue weighted by Crippen LogP contribution is 2.35. The number of anilines is 1. The summed E-state index contributed by atoms with van der Waals surface area (Å²) in [4.78, 5) is 32.6. The second-order valence-electron chi connectivity index (χ2n) is 6.93. The second-order valence-corrected chi connectivity index (χ2v) is 7.89. The van der Waals surface area contributed by atoms with Gasteiger partial charge in [-0.1, -0.05) is 48.2 Å². The monoisotopic (exact) mass is 407 g/mol. The molecule has 0 aliphatic carbocycles. The minimum Gasteiger partial charge on any atom is -0.497 e. The van der Waals surface area contributed by atoms with Crippen LogP contribution in [0.5, 0.6) is 5.75 Å². The number of rotatable bonds is 5. The van der Waals surface area contributed by atoms with Gasteiger partial charge in [-0.25, -0.2) is 4.98 Å². The Morgan fingerprint density at radius 1 is 1.14 bits per heavy atom. The summed E-state index contributed by atoms with van der Waals surface area (Å²) in [6.07, 6.45) is 0.208. The van der Waals surface area contributed by atoms with Crippen LogP contribution in [0.2, 0.25) is 0 Å². The number of benzene rings is 2. The summed E-state index contributed by atoms with van der Waals surface area (Å²) in [6.45, 7) is 2.05. The molecular weight excluding hydrogens is 386 g/mol. The highest BCUT2D eigenvalue weighted by atomic mass is 32.2. The van der Waals surface area contributed by atoms with Crippen molar-refractivity contribution in [3.8, 4) is 5.75 Å². The zero-order valence-corrected chi connectivity index (χ0v) is 17.0. The van der Waals surface area contributed by atoms with E-state index < -0.39 is 0 Å². The summed E-state index contributed by atoms with van der Waals surface area (Å²) >= 11 is 1.44. The van der Waals surface area contributed by atoms with E-state index in [9.17, 15) is 9.59 Å². The van der Waals surface area contributed by atoms with Crippen LogP contribution in [0.4, 0.5) is 5.82 Å². The van der Waals surface area contributed by atoms with E-state index in [0.29, 0.717) is 22.3 Å². The highest BCUT2D eigenvalue weighted by Gasteiger charge is 2.31. The van der Waals surface area contributed by atoms with Crippen LogP contribution in [0.1, 0.15) is 34.6 Å². The minimum atomic E-state index is -0.337. The van der Waals surface area contributed by atoms with Crippen molar-refractivity contribution < 1.29 is 9.53 Å². The first kappa shape index (κ1) is 19.3. The predicted molar refractivity (Wildman–Crippen MR) is 114 cm³/mol. The third-order valence-electron chi connectivity index (χ3n) is 5.07. The van der Waals surface area contributed by atoms with Crippen molar-refractivity contribution in [3.63, 3.8) is 0 Å². The average Bonchev–Trinajstić information content (AvgIpc) is 2.72. The summed E-state index contributed by atoms with van der Waals surface area (Å²) in [5.74, 6) is 1.27. The molecule has 7 heteroatoms. The number of aromatic amines is 1. The lowest BCUT2D eigenvalue weighted by molar-refractivity contribution is -0.116. The van der Waals surface area contributed by atoms with E-state index in [0.717, 1.165) is 11.3 Å². The quantitative estimate of drug-likeness (QED) is 0.496. The van der Waals surface area contributed by atoms with Crippen molar-refractivity contribution in [2.75, 3.05) is 12.4 Å². The minimum absolute atomic E-state index is 0.147. The number of aryl methyl sites for hydroxylation is 1. The van der Waals surface area contributed by atoms with Gasteiger partial charge in [0.15, 0.2) is 5.16 Å². The fourth-order valence-electron chi connectivity index (χ4n) is 3.46. The fraction of sp³-hybridized carbons (Fsp3) is 0.227. The number of thioether (sulfide) groups is 1. The molecule has 0 unspecified atom stereocenters. The third-order valence-corrected chi connectivity index (χ3v) is 6.00. The van der Waals surface area contributed by atoms with E-state index in [1.54, 1.807) is 7.11 Å². The van der Waals surface area contributed by atoms with Gasteiger partial charge in [0.1, 0.15) is 11.6 Å². The maximum absolute atomic E-state index is 12.9. The van der Waals surface area contributed by atoms with Gasteiger partial charge in [-0.3, -0.25) is 9.59 Å².